The SMILES string of the molecule is CCCC(CCN)CCC(=O)N(C)Cc1ccoc1C. The minimum absolute atomic E-state index is 0.198. The Morgan fingerprint density at radius 3 is 2.70 bits per heavy atom. The Morgan fingerprint density at radius 1 is 1.40 bits per heavy atom. The molecule has 0 aliphatic rings. The highest BCUT2D eigenvalue weighted by Crippen LogP contribution is 2.18. The second-order valence-electron chi connectivity index (χ2n) is 5.52. The van der Waals surface area contributed by atoms with E-state index in [9.17, 15) is 4.79 Å². The van der Waals surface area contributed by atoms with Gasteiger partial charge in [-0.15, -0.1) is 0 Å². The summed E-state index contributed by atoms with van der Waals surface area (Å²) in [6, 6.07) is 1.92. The first-order chi connectivity index (χ1) is 9.58. The van der Waals surface area contributed by atoms with Crippen molar-refractivity contribution < 1.29 is 9.21 Å². The molecule has 1 amide bonds. The van der Waals surface area contributed by atoms with Crippen molar-refractivity contribution in [3.05, 3.63) is 23.7 Å². The number of carbonyl (C=O) groups excluding carboxylic acids is 1. The van der Waals surface area contributed by atoms with Crippen molar-refractivity contribution in [3.8, 4) is 0 Å². The summed E-state index contributed by atoms with van der Waals surface area (Å²) in [5.74, 6) is 1.67. The molecular weight excluding hydrogens is 252 g/mol. The van der Waals surface area contributed by atoms with E-state index in [1.54, 1.807) is 11.2 Å². The van der Waals surface area contributed by atoms with Gasteiger partial charge in [0.15, 0.2) is 0 Å². The van der Waals surface area contributed by atoms with E-state index < -0.39 is 0 Å². The van der Waals surface area contributed by atoms with Crippen LogP contribution >= 0.6 is 0 Å². The van der Waals surface area contributed by atoms with Crippen LogP contribution in [-0.2, 0) is 11.3 Å². The first kappa shape index (κ1) is 16.8. The highest BCUT2D eigenvalue weighted by Gasteiger charge is 2.14. The summed E-state index contributed by atoms with van der Waals surface area (Å²) in [7, 11) is 1.85. The van der Waals surface area contributed by atoms with E-state index in [0.717, 1.165) is 37.0 Å². The minimum atomic E-state index is 0.198. The van der Waals surface area contributed by atoms with Crippen LogP contribution in [0.4, 0.5) is 0 Å². The molecule has 0 spiro atoms. The van der Waals surface area contributed by atoms with Gasteiger partial charge in [0, 0.05) is 25.6 Å². The lowest BCUT2D eigenvalue weighted by Gasteiger charge is -2.19. The summed E-state index contributed by atoms with van der Waals surface area (Å²) in [5.41, 5.74) is 6.70. The van der Waals surface area contributed by atoms with Gasteiger partial charge >= 0.3 is 0 Å². The van der Waals surface area contributed by atoms with E-state index in [0.29, 0.717) is 25.4 Å². The number of rotatable bonds is 9. The van der Waals surface area contributed by atoms with Crippen LogP contribution in [0.2, 0.25) is 0 Å². The van der Waals surface area contributed by atoms with Gasteiger partial charge < -0.3 is 15.1 Å². The first-order valence-electron chi connectivity index (χ1n) is 7.55. The van der Waals surface area contributed by atoms with Crippen molar-refractivity contribution >= 4 is 5.91 Å². The maximum atomic E-state index is 12.2. The fraction of sp³-hybridized carbons (Fsp3) is 0.688. The first-order valence-corrected chi connectivity index (χ1v) is 7.55. The zero-order chi connectivity index (χ0) is 15.0. The zero-order valence-electron chi connectivity index (χ0n) is 13.0. The van der Waals surface area contributed by atoms with E-state index >= 15 is 0 Å². The number of hydrogen-bond acceptors (Lipinski definition) is 3. The van der Waals surface area contributed by atoms with Crippen molar-refractivity contribution in [3.63, 3.8) is 0 Å². The third-order valence-electron chi connectivity index (χ3n) is 3.84. The van der Waals surface area contributed by atoms with Crippen LogP contribution in [0.1, 0.15) is 50.4 Å². The highest BCUT2D eigenvalue weighted by atomic mass is 16.3. The third-order valence-corrected chi connectivity index (χ3v) is 3.84. The molecule has 0 saturated heterocycles. The van der Waals surface area contributed by atoms with Crippen molar-refractivity contribution in [2.45, 2.75) is 52.5 Å². The molecule has 0 radical (unpaired) electrons. The highest BCUT2D eigenvalue weighted by molar-refractivity contribution is 5.75. The molecule has 1 unspecified atom stereocenters. The van der Waals surface area contributed by atoms with Gasteiger partial charge in [-0.2, -0.15) is 0 Å². The van der Waals surface area contributed by atoms with E-state index in [2.05, 4.69) is 6.92 Å². The molecule has 1 rings (SSSR count). The number of aryl methyl sites for hydroxylation is 1. The van der Waals surface area contributed by atoms with E-state index in [1.807, 2.05) is 20.0 Å². The number of nitrogens with zero attached hydrogens (tertiary/aromatic N) is 1. The van der Waals surface area contributed by atoms with Crippen LogP contribution in [-0.4, -0.2) is 24.4 Å². The van der Waals surface area contributed by atoms with Crippen LogP contribution in [0, 0.1) is 12.8 Å². The molecule has 2 N–H and O–H groups in total. The molecule has 1 aromatic rings. The molecule has 1 heterocycles. The Morgan fingerprint density at radius 2 is 2.15 bits per heavy atom. The molecule has 4 nitrogen and oxygen atoms in total. The maximum Gasteiger partial charge on any atom is 0.222 e. The Balaban J connectivity index is 2.39. The lowest BCUT2D eigenvalue weighted by Crippen LogP contribution is -2.26. The van der Waals surface area contributed by atoms with E-state index in [-0.39, 0.29) is 5.91 Å². The minimum Gasteiger partial charge on any atom is -0.469 e. The van der Waals surface area contributed by atoms with Gasteiger partial charge in [-0.25, -0.2) is 0 Å². The van der Waals surface area contributed by atoms with E-state index in [1.165, 1.54) is 0 Å². The summed E-state index contributed by atoms with van der Waals surface area (Å²) < 4.78 is 5.26. The molecule has 0 fully saturated rings. The molecule has 0 aliphatic carbocycles. The average Bonchev–Trinajstić information content (AvgIpc) is 2.81. The number of carbonyl (C=O) groups is 1. The third kappa shape index (κ3) is 5.37. The van der Waals surface area contributed by atoms with Crippen LogP contribution in [0.15, 0.2) is 16.7 Å². The Kier molecular flexibility index (Phi) is 7.37. The summed E-state index contributed by atoms with van der Waals surface area (Å²) >= 11 is 0. The molecule has 114 valence electrons. The molecule has 20 heavy (non-hydrogen) atoms. The maximum absolute atomic E-state index is 12.2. The lowest BCUT2D eigenvalue weighted by molar-refractivity contribution is -0.130. The van der Waals surface area contributed by atoms with Crippen LogP contribution < -0.4 is 5.73 Å². The molecule has 4 heteroatoms. The molecule has 0 saturated carbocycles. The predicted octanol–water partition coefficient (Wildman–Crippen LogP) is 3.09. The van der Waals surface area contributed by atoms with Crippen LogP contribution in [0.3, 0.4) is 0 Å². The van der Waals surface area contributed by atoms with Crippen molar-refractivity contribution in [2.24, 2.45) is 11.7 Å². The van der Waals surface area contributed by atoms with Gasteiger partial charge in [-0.1, -0.05) is 19.8 Å². The van der Waals surface area contributed by atoms with E-state index in [4.69, 9.17) is 10.2 Å². The Bertz CT molecular complexity index is 395. The fourth-order valence-corrected chi connectivity index (χ4v) is 2.51. The Labute approximate surface area is 122 Å². The lowest BCUT2D eigenvalue weighted by atomic mass is 9.94. The quantitative estimate of drug-likeness (QED) is 0.756. The van der Waals surface area contributed by atoms with Crippen molar-refractivity contribution in [2.75, 3.05) is 13.6 Å². The van der Waals surface area contributed by atoms with Gasteiger partial charge in [0.05, 0.1) is 6.26 Å². The predicted molar refractivity (Wildman–Crippen MR) is 81.2 cm³/mol. The zero-order valence-corrected chi connectivity index (χ0v) is 13.0. The summed E-state index contributed by atoms with van der Waals surface area (Å²) in [4.78, 5) is 13.9. The molecule has 0 aromatic carbocycles. The van der Waals surface area contributed by atoms with Crippen molar-refractivity contribution in [1.82, 2.24) is 4.90 Å². The molecular formula is C16H28N2O2. The summed E-state index contributed by atoms with van der Waals surface area (Å²) in [6.45, 7) is 5.44. The molecule has 0 aliphatic heterocycles. The Hall–Kier alpha value is -1.29. The van der Waals surface area contributed by atoms with Gasteiger partial charge in [0.25, 0.3) is 0 Å². The number of amides is 1. The number of hydrogen-bond donors (Lipinski definition) is 1. The largest absolute Gasteiger partial charge is 0.469 e. The smallest absolute Gasteiger partial charge is 0.222 e. The normalized spacial score (nSPS) is 12.4. The summed E-state index contributed by atoms with van der Waals surface area (Å²) in [6.07, 6.45) is 6.56. The average molecular weight is 280 g/mol. The van der Waals surface area contributed by atoms with Gasteiger partial charge in [-0.05, 0) is 38.3 Å². The second kappa shape index (κ2) is 8.80. The van der Waals surface area contributed by atoms with Gasteiger partial charge in [0.1, 0.15) is 5.76 Å². The monoisotopic (exact) mass is 280 g/mol. The topological polar surface area (TPSA) is 59.5 Å². The van der Waals surface area contributed by atoms with Crippen LogP contribution in [0.5, 0.6) is 0 Å². The summed E-state index contributed by atoms with van der Waals surface area (Å²) in [5, 5.41) is 0. The van der Waals surface area contributed by atoms with Crippen molar-refractivity contribution in [1.29, 1.82) is 0 Å². The fourth-order valence-electron chi connectivity index (χ4n) is 2.51. The standard InChI is InChI=1S/C16H28N2O2/c1-4-5-14(8-10-17)6-7-16(19)18(3)12-15-9-11-20-13(15)2/h9,11,14H,4-8,10,12,17H2,1-3H3. The molecule has 1 atom stereocenters. The number of nitrogens with two attached hydrogens (primary N) is 1. The van der Waals surface area contributed by atoms with Gasteiger partial charge in [0.2, 0.25) is 5.91 Å². The van der Waals surface area contributed by atoms with Crippen LogP contribution in [0.25, 0.3) is 0 Å². The number of furan rings is 1. The van der Waals surface area contributed by atoms with Gasteiger partial charge in [-0.3, -0.25) is 4.79 Å². The molecule has 1 aromatic heterocycles. The molecule has 0 bridgehead atoms. The second-order valence-corrected chi connectivity index (χ2v) is 5.52.